The Bertz CT molecular complexity index is 751. The van der Waals surface area contributed by atoms with Crippen molar-refractivity contribution in [2.45, 2.75) is 11.3 Å². The number of rotatable bonds is 2. The van der Waals surface area contributed by atoms with Gasteiger partial charge in [0.1, 0.15) is 5.88 Å². The van der Waals surface area contributed by atoms with E-state index < -0.39 is 15.7 Å². The summed E-state index contributed by atoms with van der Waals surface area (Å²) in [5.41, 5.74) is 0.655. The van der Waals surface area contributed by atoms with Gasteiger partial charge < -0.3 is 4.90 Å². The van der Waals surface area contributed by atoms with E-state index in [1.165, 1.54) is 11.8 Å². The molecule has 1 amide bonds. The second-order valence-corrected chi connectivity index (χ2v) is 9.08. The SMILES string of the molecule is O=C(CCl)N=C1S[C@@H]2CS(=O)(=O)C[C@@H]2N1c1ccccc1Cl. The van der Waals surface area contributed by atoms with Gasteiger partial charge in [-0.05, 0) is 12.1 Å². The Morgan fingerprint density at radius 2 is 2.09 bits per heavy atom. The third-order valence-electron chi connectivity index (χ3n) is 3.51. The number of nitrogens with zero attached hydrogens (tertiary/aromatic N) is 2. The van der Waals surface area contributed by atoms with Gasteiger partial charge in [0.05, 0.1) is 28.3 Å². The number of carbonyl (C=O) groups excluding carboxylic acids is 1. The highest BCUT2D eigenvalue weighted by Gasteiger charge is 2.49. The number of fused-ring (bicyclic) bond motifs is 1. The summed E-state index contributed by atoms with van der Waals surface area (Å²) < 4.78 is 23.8. The van der Waals surface area contributed by atoms with Crippen LogP contribution in [-0.4, -0.2) is 48.2 Å². The van der Waals surface area contributed by atoms with Crippen LogP contribution >= 0.6 is 35.0 Å². The van der Waals surface area contributed by atoms with Crippen molar-refractivity contribution in [1.29, 1.82) is 0 Å². The first kappa shape index (κ1) is 16.1. The number of carbonyl (C=O) groups is 1. The standard InChI is InChI=1S/C13H12Cl2N2O3S2/c14-5-12(18)16-13-17(9-4-2-1-3-8(9)15)10-6-22(19,20)7-11(10)21-13/h1-4,10-11H,5-7H2/t10-,11+/m0/s1. The van der Waals surface area contributed by atoms with Crippen molar-refractivity contribution in [3.63, 3.8) is 0 Å². The highest BCUT2D eigenvalue weighted by atomic mass is 35.5. The summed E-state index contributed by atoms with van der Waals surface area (Å²) in [4.78, 5) is 17.3. The van der Waals surface area contributed by atoms with Gasteiger partial charge in [0.15, 0.2) is 15.0 Å². The molecule has 0 aromatic heterocycles. The molecule has 9 heteroatoms. The monoisotopic (exact) mass is 378 g/mol. The van der Waals surface area contributed by atoms with E-state index >= 15 is 0 Å². The molecule has 0 N–H and O–H groups in total. The number of anilines is 1. The van der Waals surface area contributed by atoms with Gasteiger partial charge in [-0.15, -0.1) is 11.6 Å². The molecule has 1 aromatic carbocycles. The second-order valence-electron chi connectivity index (χ2n) is 5.04. The first-order chi connectivity index (χ1) is 10.4. The van der Waals surface area contributed by atoms with Gasteiger partial charge in [0.2, 0.25) is 0 Å². The molecule has 0 saturated carbocycles. The van der Waals surface area contributed by atoms with Crippen LogP contribution in [0.3, 0.4) is 0 Å². The lowest BCUT2D eigenvalue weighted by molar-refractivity contribution is -0.115. The van der Waals surface area contributed by atoms with Crippen molar-refractivity contribution in [2.24, 2.45) is 4.99 Å². The maximum atomic E-state index is 11.9. The third-order valence-corrected chi connectivity index (χ3v) is 7.27. The van der Waals surface area contributed by atoms with Crippen LogP contribution < -0.4 is 4.90 Å². The van der Waals surface area contributed by atoms with Crippen LogP contribution in [0, 0.1) is 0 Å². The Morgan fingerprint density at radius 3 is 2.77 bits per heavy atom. The summed E-state index contributed by atoms with van der Waals surface area (Å²) in [6, 6.07) is 6.84. The Morgan fingerprint density at radius 1 is 1.36 bits per heavy atom. The number of thioether (sulfide) groups is 1. The molecule has 0 aliphatic carbocycles. The van der Waals surface area contributed by atoms with E-state index in [9.17, 15) is 13.2 Å². The topological polar surface area (TPSA) is 66.8 Å². The van der Waals surface area contributed by atoms with Crippen molar-refractivity contribution in [3.05, 3.63) is 29.3 Å². The molecule has 0 spiro atoms. The lowest BCUT2D eigenvalue weighted by Gasteiger charge is -2.25. The number of amides is 1. The van der Waals surface area contributed by atoms with E-state index in [0.717, 1.165) is 0 Å². The second kappa shape index (κ2) is 6.03. The molecule has 2 aliphatic heterocycles. The summed E-state index contributed by atoms with van der Waals surface area (Å²) >= 11 is 13.0. The van der Waals surface area contributed by atoms with Crippen molar-refractivity contribution < 1.29 is 13.2 Å². The van der Waals surface area contributed by atoms with Crippen molar-refractivity contribution in [3.8, 4) is 0 Å². The number of sulfone groups is 1. The largest absolute Gasteiger partial charge is 0.314 e. The molecule has 0 radical (unpaired) electrons. The van der Waals surface area contributed by atoms with Crippen LogP contribution in [0.25, 0.3) is 0 Å². The van der Waals surface area contributed by atoms with E-state index in [4.69, 9.17) is 23.2 Å². The zero-order valence-electron chi connectivity index (χ0n) is 11.3. The van der Waals surface area contributed by atoms with Gasteiger partial charge >= 0.3 is 0 Å². The van der Waals surface area contributed by atoms with Gasteiger partial charge in [0, 0.05) is 5.25 Å². The number of hydrogen-bond acceptors (Lipinski definition) is 4. The average molecular weight is 379 g/mol. The average Bonchev–Trinajstić information content (AvgIpc) is 2.91. The third kappa shape index (κ3) is 2.99. The van der Waals surface area contributed by atoms with E-state index in [2.05, 4.69) is 4.99 Å². The minimum Gasteiger partial charge on any atom is -0.314 e. The molecule has 2 atom stereocenters. The molecule has 5 nitrogen and oxygen atoms in total. The fourth-order valence-electron chi connectivity index (χ4n) is 2.63. The van der Waals surface area contributed by atoms with Crippen LogP contribution in [0.4, 0.5) is 5.69 Å². The van der Waals surface area contributed by atoms with Crippen molar-refractivity contribution in [2.75, 3.05) is 22.3 Å². The number of halogens is 2. The Kier molecular flexibility index (Phi) is 4.42. The summed E-state index contributed by atoms with van der Waals surface area (Å²) in [5.74, 6) is -0.556. The highest BCUT2D eigenvalue weighted by molar-refractivity contribution is 8.16. The number of hydrogen-bond donors (Lipinski definition) is 0. The van der Waals surface area contributed by atoms with Crippen LogP contribution in [0.5, 0.6) is 0 Å². The molecule has 2 saturated heterocycles. The molecule has 2 aliphatic rings. The van der Waals surface area contributed by atoms with Crippen molar-refractivity contribution >= 4 is 61.6 Å². The molecule has 1 aromatic rings. The number of aliphatic imine (C=N–C) groups is 1. The Labute approximate surface area is 142 Å². The zero-order valence-corrected chi connectivity index (χ0v) is 14.4. The number of alkyl halides is 1. The smallest absolute Gasteiger partial charge is 0.262 e. The first-order valence-corrected chi connectivity index (χ1v) is 10.1. The van der Waals surface area contributed by atoms with Gasteiger partial charge in [-0.1, -0.05) is 35.5 Å². The van der Waals surface area contributed by atoms with Gasteiger partial charge in [0.25, 0.3) is 5.91 Å². The van der Waals surface area contributed by atoms with E-state index in [1.54, 1.807) is 23.1 Å². The maximum Gasteiger partial charge on any atom is 0.262 e. The van der Waals surface area contributed by atoms with Crippen LogP contribution in [0.15, 0.2) is 29.3 Å². The molecule has 0 bridgehead atoms. The minimum atomic E-state index is -3.09. The molecule has 22 heavy (non-hydrogen) atoms. The molecule has 2 heterocycles. The lowest BCUT2D eigenvalue weighted by Crippen LogP contribution is -2.38. The first-order valence-electron chi connectivity index (χ1n) is 6.49. The number of amidine groups is 1. The van der Waals surface area contributed by atoms with Gasteiger partial charge in [-0.3, -0.25) is 4.79 Å². The lowest BCUT2D eigenvalue weighted by atomic mass is 10.2. The number of para-hydroxylation sites is 1. The van der Waals surface area contributed by atoms with Crippen LogP contribution in [0.2, 0.25) is 5.02 Å². The summed E-state index contributed by atoms with van der Waals surface area (Å²) in [6.07, 6.45) is 0. The van der Waals surface area contributed by atoms with Crippen molar-refractivity contribution in [1.82, 2.24) is 0 Å². The highest BCUT2D eigenvalue weighted by Crippen LogP contribution is 2.42. The molecular formula is C13H12Cl2N2O3S2. The summed E-state index contributed by atoms with van der Waals surface area (Å²) in [7, 11) is -3.09. The van der Waals surface area contributed by atoms with E-state index in [-0.39, 0.29) is 28.7 Å². The normalized spacial score (nSPS) is 28.1. The van der Waals surface area contributed by atoms with Crippen LogP contribution in [-0.2, 0) is 14.6 Å². The molecular weight excluding hydrogens is 367 g/mol. The molecule has 3 rings (SSSR count). The predicted molar refractivity (Wildman–Crippen MR) is 90.9 cm³/mol. The molecule has 0 unspecified atom stereocenters. The minimum absolute atomic E-state index is 0.0317. The predicted octanol–water partition coefficient (Wildman–Crippen LogP) is 2.18. The summed E-state index contributed by atoms with van der Waals surface area (Å²) in [6.45, 7) is 0. The van der Waals surface area contributed by atoms with E-state index in [0.29, 0.717) is 15.9 Å². The Hall–Kier alpha value is -0.760. The van der Waals surface area contributed by atoms with Gasteiger partial charge in [-0.2, -0.15) is 4.99 Å². The summed E-state index contributed by atoms with van der Waals surface area (Å²) in [5, 5.41) is 0.797. The maximum absolute atomic E-state index is 11.9. The fourth-order valence-corrected chi connectivity index (χ4v) is 6.84. The Balaban J connectivity index is 2.05. The molecule has 118 valence electrons. The number of benzene rings is 1. The van der Waals surface area contributed by atoms with E-state index in [1.807, 2.05) is 6.07 Å². The van der Waals surface area contributed by atoms with Gasteiger partial charge in [-0.25, -0.2) is 8.42 Å². The quantitative estimate of drug-likeness (QED) is 0.737. The fraction of sp³-hybridized carbons (Fsp3) is 0.385. The zero-order chi connectivity index (χ0) is 15.9. The van der Waals surface area contributed by atoms with Crippen LogP contribution in [0.1, 0.15) is 0 Å². The molecule has 2 fully saturated rings.